The number of hydrazone groups is 1. The van der Waals surface area contributed by atoms with Gasteiger partial charge in [-0.1, -0.05) is 36.0 Å². The number of fused-ring (bicyclic) bond motifs is 1. The number of nitriles is 1. The van der Waals surface area contributed by atoms with E-state index in [0.717, 1.165) is 61.4 Å². The van der Waals surface area contributed by atoms with Crippen LogP contribution < -0.4 is 15.5 Å². The lowest BCUT2D eigenvalue weighted by Gasteiger charge is -2.28. The van der Waals surface area contributed by atoms with E-state index in [-0.39, 0.29) is 23.4 Å². The molecule has 36 heavy (non-hydrogen) atoms. The Morgan fingerprint density at radius 3 is 2.89 bits per heavy atom. The molecule has 0 aromatic heterocycles. The van der Waals surface area contributed by atoms with Gasteiger partial charge in [-0.15, -0.1) is 0 Å². The van der Waals surface area contributed by atoms with Gasteiger partial charge in [0.15, 0.2) is 0 Å². The molecule has 1 amide bonds. The van der Waals surface area contributed by atoms with Crippen LogP contribution in [0.5, 0.6) is 5.75 Å². The SMILES string of the molecule is CC(C)Oc1ccc(C2NN=C(c3cccc4c3CCCC4NCC(=O)N3CCCC3)S2)cc1C#N. The molecule has 1 saturated heterocycles. The standard InChI is InChI=1S/C28H33N5O2S/c1-18(2)35-25-12-11-19(15-20(25)16-29)27-31-32-28(36-27)23-9-5-8-22-21(23)7-6-10-24(22)30-17-26(34)33-13-3-4-14-33/h5,8-9,11-12,15,18,24,27,30-31H,3-4,6-7,10,13-14,17H2,1-2H3. The highest BCUT2D eigenvalue weighted by atomic mass is 32.2. The van der Waals surface area contributed by atoms with Crippen LogP contribution >= 0.6 is 11.8 Å². The van der Waals surface area contributed by atoms with Gasteiger partial charge in [0.25, 0.3) is 0 Å². The van der Waals surface area contributed by atoms with Crippen LogP contribution in [0.15, 0.2) is 41.5 Å². The van der Waals surface area contributed by atoms with Crippen molar-refractivity contribution in [1.82, 2.24) is 15.6 Å². The second-order valence-corrected chi connectivity index (χ2v) is 11.0. The predicted molar refractivity (Wildman–Crippen MR) is 143 cm³/mol. The summed E-state index contributed by atoms with van der Waals surface area (Å²) in [6.07, 6.45) is 5.36. The Morgan fingerprint density at radius 2 is 2.11 bits per heavy atom. The molecule has 188 valence electrons. The van der Waals surface area contributed by atoms with E-state index in [1.807, 2.05) is 36.9 Å². The van der Waals surface area contributed by atoms with Crippen molar-refractivity contribution in [3.05, 3.63) is 64.2 Å². The molecular weight excluding hydrogens is 470 g/mol. The summed E-state index contributed by atoms with van der Waals surface area (Å²) in [5, 5.41) is 18.7. The Morgan fingerprint density at radius 1 is 1.28 bits per heavy atom. The zero-order valence-electron chi connectivity index (χ0n) is 20.9. The van der Waals surface area contributed by atoms with Crippen LogP contribution in [0.2, 0.25) is 0 Å². The van der Waals surface area contributed by atoms with Crippen LogP contribution in [0.1, 0.15) is 78.8 Å². The molecular formula is C28H33N5O2S. The third-order valence-corrected chi connectivity index (χ3v) is 8.15. The highest BCUT2D eigenvalue weighted by Crippen LogP contribution is 2.39. The van der Waals surface area contributed by atoms with Crippen LogP contribution in [0.3, 0.4) is 0 Å². The van der Waals surface area contributed by atoms with Crippen molar-refractivity contribution in [2.45, 2.75) is 63.5 Å². The monoisotopic (exact) mass is 503 g/mol. The van der Waals surface area contributed by atoms with Crippen LogP contribution in [0.4, 0.5) is 0 Å². The zero-order chi connectivity index (χ0) is 25.1. The molecule has 8 heteroatoms. The molecule has 1 fully saturated rings. The number of thioether (sulfide) groups is 1. The molecule has 0 saturated carbocycles. The average molecular weight is 504 g/mol. The Kier molecular flexibility index (Phi) is 7.49. The van der Waals surface area contributed by atoms with Gasteiger partial charge in [-0.05, 0) is 74.8 Å². The molecule has 2 aromatic rings. The normalized spacial score (nSPS) is 21.1. The number of carbonyl (C=O) groups excluding carboxylic acids is 1. The van der Waals surface area contributed by atoms with Crippen LogP contribution in [0, 0.1) is 11.3 Å². The summed E-state index contributed by atoms with van der Waals surface area (Å²) in [4.78, 5) is 14.5. The quantitative estimate of drug-likeness (QED) is 0.573. The fraction of sp³-hybridized carbons (Fsp3) is 0.464. The molecule has 0 radical (unpaired) electrons. The van der Waals surface area contributed by atoms with Gasteiger partial charge in [0.1, 0.15) is 22.2 Å². The van der Waals surface area contributed by atoms with Crippen LogP contribution in [0.25, 0.3) is 0 Å². The summed E-state index contributed by atoms with van der Waals surface area (Å²) >= 11 is 1.67. The van der Waals surface area contributed by atoms with Gasteiger partial charge in [-0.25, -0.2) is 0 Å². The van der Waals surface area contributed by atoms with Crippen molar-refractivity contribution in [2.24, 2.45) is 5.10 Å². The van der Waals surface area contributed by atoms with Gasteiger partial charge in [0.2, 0.25) is 5.91 Å². The lowest BCUT2D eigenvalue weighted by molar-refractivity contribution is -0.129. The molecule has 2 N–H and O–H groups in total. The molecule has 1 aliphatic carbocycles. The number of ether oxygens (including phenoxy) is 1. The minimum Gasteiger partial charge on any atom is -0.490 e. The van der Waals surface area contributed by atoms with Crippen molar-refractivity contribution < 1.29 is 9.53 Å². The smallest absolute Gasteiger partial charge is 0.236 e. The summed E-state index contributed by atoms with van der Waals surface area (Å²) in [5.74, 6) is 0.819. The number of likely N-dealkylation sites (tertiary alicyclic amines) is 1. The van der Waals surface area contributed by atoms with Crippen molar-refractivity contribution in [1.29, 1.82) is 5.26 Å². The number of benzene rings is 2. The largest absolute Gasteiger partial charge is 0.490 e. The number of nitrogens with zero attached hydrogens (tertiary/aromatic N) is 3. The molecule has 2 unspecified atom stereocenters. The average Bonchev–Trinajstić information content (AvgIpc) is 3.60. The van der Waals surface area contributed by atoms with Crippen molar-refractivity contribution in [3.8, 4) is 11.8 Å². The van der Waals surface area contributed by atoms with Crippen molar-refractivity contribution >= 4 is 22.7 Å². The van der Waals surface area contributed by atoms with E-state index < -0.39 is 0 Å². The molecule has 2 atom stereocenters. The van der Waals surface area contributed by atoms with Gasteiger partial charge >= 0.3 is 0 Å². The van der Waals surface area contributed by atoms with Crippen LogP contribution in [-0.4, -0.2) is 41.6 Å². The van der Waals surface area contributed by atoms with Gasteiger partial charge in [-0.2, -0.15) is 10.4 Å². The predicted octanol–water partition coefficient (Wildman–Crippen LogP) is 4.63. The minimum atomic E-state index is -0.0633. The molecule has 0 bridgehead atoms. The van der Waals surface area contributed by atoms with E-state index in [4.69, 9.17) is 4.74 Å². The first-order chi connectivity index (χ1) is 17.5. The highest BCUT2D eigenvalue weighted by Gasteiger charge is 2.29. The van der Waals surface area contributed by atoms with Gasteiger partial charge < -0.3 is 15.0 Å². The summed E-state index contributed by atoms with van der Waals surface area (Å²) < 4.78 is 5.77. The highest BCUT2D eigenvalue weighted by molar-refractivity contribution is 8.14. The zero-order valence-corrected chi connectivity index (χ0v) is 21.7. The fourth-order valence-electron chi connectivity index (χ4n) is 5.25. The molecule has 2 heterocycles. The first-order valence-corrected chi connectivity index (χ1v) is 13.8. The third kappa shape index (κ3) is 5.23. The van der Waals surface area contributed by atoms with E-state index >= 15 is 0 Å². The molecule has 3 aliphatic rings. The fourth-order valence-corrected chi connectivity index (χ4v) is 6.29. The summed E-state index contributed by atoms with van der Waals surface area (Å²) in [6.45, 7) is 6.08. The molecule has 7 nitrogen and oxygen atoms in total. The van der Waals surface area contributed by atoms with Gasteiger partial charge in [0, 0.05) is 24.7 Å². The van der Waals surface area contributed by atoms with E-state index in [1.165, 1.54) is 11.1 Å². The lowest BCUT2D eigenvalue weighted by Crippen LogP contribution is -2.38. The van der Waals surface area contributed by atoms with Crippen molar-refractivity contribution in [3.63, 3.8) is 0 Å². The Bertz CT molecular complexity index is 1200. The summed E-state index contributed by atoms with van der Waals surface area (Å²) in [6, 6.07) is 14.6. The molecule has 2 aromatic carbocycles. The number of amides is 1. The number of rotatable bonds is 7. The van der Waals surface area contributed by atoms with Crippen LogP contribution in [-0.2, 0) is 11.2 Å². The number of nitrogens with one attached hydrogen (secondary N) is 2. The molecule has 5 rings (SSSR count). The maximum absolute atomic E-state index is 12.6. The topological polar surface area (TPSA) is 89.8 Å². The minimum absolute atomic E-state index is 0.0118. The Hall–Kier alpha value is -3.02. The first-order valence-electron chi connectivity index (χ1n) is 12.9. The van der Waals surface area contributed by atoms with Gasteiger partial charge in [0.05, 0.1) is 18.2 Å². The van der Waals surface area contributed by atoms with E-state index in [2.05, 4.69) is 40.1 Å². The van der Waals surface area contributed by atoms with E-state index in [9.17, 15) is 10.1 Å². The second-order valence-electron chi connectivity index (χ2n) is 9.86. The maximum atomic E-state index is 12.6. The van der Waals surface area contributed by atoms with Gasteiger partial charge in [-0.3, -0.25) is 10.2 Å². The number of hydrogen-bond donors (Lipinski definition) is 2. The first kappa shape index (κ1) is 24.7. The summed E-state index contributed by atoms with van der Waals surface area (Å²) in [7, 11) is 0. The molecule has 2 aliphatic heterocycles. The Labute approximate surface area is 217 Å². The maximum Gasteiger partial charge on any atom is 0.236 e. The summed E-state index contributed by atoms with van der Waals surface area (Å²) in [5.41, 5.74) is 8.55. The third-order valence-electron chi connectivity index (χ3n) is 7.00. The van der Waals surface area contributed by atoms with Crippen molar-refractivity contribution in [2.75, 3.05) is 19.6 Å². The molecule has 0 spiro atoms. The second kappa shape index (κ2) is 10.9. The lowest BCUT2D eigenvalue weighted by atomic mass is 9.85. The van der Waals surface area contributed by atoms with E-state index in [1.54, 1.807) is 11.8 Å². The number of carbonyl (C=O) groups is 1. The number of hydrogen-bond acceptors (Lipinski definition) is 7. The van der Waals surface area contributed by atoms with E-state index in [0.29, 0.717) is 17.9 Å². The Balaban J connectivity index is 1.29.